The summed E-state index contributed by atoms with van der Waals surface area (Å²) in [5.74, 6) is -7.07. The number of ketones is 4. The molecule has 152 valence electrons. The number of aliphatic carboxylic acids is 2. The van der Waals surface area contributed by atoms with Crippen molar-refractivity contribution in [1.29, 1.82) is 0 Å². The van der Waals surface area contributed by atoms with Gasteiger partial charge in [-0.15, -0.1) is 0 Å². The monoisotopic (exact) mass is 577 g/mol. The van der Waals surface area contributed by atoms with E-state index >= 15 is 0 Å². The fourth-order valence-corrected chi connectivity index (χ4v) is 1.89. The normalized spacial score (nSPS) is 9.10. The van der Waals surface area contributed by atoms with Crippen LogP contribution in [0.4, 0.5) is 0 Å². The third-order valence-corrected chi connectivity index (χ3v) is 3.29. The molecule has 0 unspecified atom stereocenters. The number of carbonyl (C=O) groups excluding carboxylic acids is 6. The molecule has 0 radical (unpaired) electrons. The minimum atomic E-state index is -1.82. The smallest absolute Gasteiger partial charge is 0.542 e. The van der Waals surface area contributed by atoms with Gasteiger partial charge >= 0.3 is 21.1 Å². The molecule has 0 spiro atoms. The van der Waals surface area contributed by atoms with Crippen LogP contribution in [0.15, 0.2) is 60.7 Å². The van der Waals surface area contributed by atoms with Crippen LogP contribution in [0.3, 0.4) is 0 Å². The Morgan fingerprint density at radius 3 is 1.07 bits per heavy atom. The summed E-state index contributed by atoms with van der Waals surface area (Å²) in [6.07, 6.45) is -1.29. The van der Waals surface area contributed by atoms with E-state index in [1.54, 1.807) is 36.4 Å². The van der Waals surface area contributed by atoms with Crippen LogP contribution < -0.4 is 10.2 Å². The molecule has 0 aliphatic carbocycles. The van der Waals surface area contributed by atoms with E-state index in [1.807, 2.05) is 0 Å². The number of carboxylic acid groups (broad SMARTS) is 2. The summed E-state index contributed by atoms with van der Waals surface area (Å²) in [6.45, 7) is 0. The molecule has 0 amide bonds. The first kappa shape index (κ1) is 25.7. The number of hydrogen-bond donors (Lipinski definition) is 0. The van der Waals surface area contributed by atoms with Crippen molar-refractivity contribution in [2.45, 2.75) is 12.8 Å². The molecule has 0 aliphatic rings. The predicted molar refractivity (Wildman–Crippen MR) is 90.8 cm³/mol. The molecular formula is C20H14O8Pt. The zero-order valence-electron chi connectivity index (χ0n) is 14.8. The van der Waals surface area contributed by atoms with E-state index in [0.29, 0.717) is 11.1 Å². The first-order valence-electron chi connectivity index (χ1n) is 7.87. The van der Waals surface area contributed by atoms with Crippen LogP contribution in [0, 0.1) is 0 Å². The van der Waals surface area contributed by atoms with Gasteiger partial charge in [0.2, 0.25) is 0 Å². The Bertz CT molecular complexity index is 816. The first-order chi connectivity index (χ1) is 13.2. The molecule has 0 aromatic heterocycles. The molecular weight excluding hydrogens is 563 g/mol. The van der Waals surface area contributed by atoms with Crippen molar-refractivity contribution in [3.63, 3.8) is 0 Å². The van der Waals surface area contributed by atoms with Crippen LogP contribution in [0.2, 0.25) is 0 Å². The van der Waals surface area contributed by atoms with Gasteiger partial charge in [0.15, 0.2) is 23.1 Å². The van der Waals surface area contributed by atoms with Gasteiger partial charge in [0.25, 0.3) is 0 Å². The van der Waals surface area contributed by atoms with E-state index in [4.69, 9.17) is 0 Å². The summed E-state index contributed by atoms with van der Waals surface area (Å²) in [4.78, 5) is 63.9. The number of carbonyl (C=O) groups is 6. The van der Waals surface area contributed by atoms with E-state index in [1.165, 1.54) is 24.3 Å². The summed E-state index contributed by atoms with van der Waals surface area (Å²) in [5, 5.41) is 20.1. The molecule has 2 aromatic rings. The van der Waals surface area contributed by atoms with Crippen molar-refractivity contribution in [3.8, 4) is 0 Å². The van der Waals surface area contributed by atoms with Crippen LogP contribution in [-0.4, -0.2) is 35.1 Å². The number of Topliss-reactive ketones (excluding diaryl/α,β-unsaturated/α-hetero) is 4. The van der Waals surface area contributed by atoms with Gasteiger partial charge in [0, 0.05) is 11.1 Å². The molecule has 8 nitrogen and oxygen atoms in total. The van der Waals surface area contributed by atoms with E-state index in [9.17, 15) is 39.0 Å². The molecule has 0 saturated carbocycles. The Balaban J connectivity index is 0.000000523. The van der Waals surface area contributed by atoms with Crippen molar-refractivity contribution < 1.29 is 60.0 Å². The summed E-state index contributed by atoms with van der Waals surface area (Å²) in [6, 6.07) is 16.1. The van der Waals surface area contributed by atoms with Crippen molar-refractivity contribution in [2.24, 2.45) is 0 Å². The molecule has 0 atom stereocenters. The zero-order valence-corrected chi connectivity index (χ0v) is 17.0. The average molecular weight is 577 g/mol. The third-order valence-electron chi connectivity index (χ3n) is 3.29. The minimum absolute atomic E-state index is 0. The van der Waals surface area contributed by atoms with Gasteiger partial charge in [0.1, 0.15) is 11.9 Å². The number of carboxylic acids is 2. The zero-order chi connectivity index (χ0) is 21.1. The second-order valence-electron chi connectivity index (χ2n) is 5.35. The van der Waals surface area contributed by atoms with Gasteiger partial charge in [-0.25, -0.2) is 0 Å². The van der Waals surface area contributed by atoms with Gasteiger partial charge in [-0.2, -0.15) is 0 Å². The van der Waals surface area contributed by atoms with Crippen LogP contribution in [0.1, 0.15) is 33.6 Å². The van der Waals surface area contributed by atoms with Gasteiger partial charge in [-0.3, -0.25) is 19.2 Å². The Labute approximate surface area is 179 Å². The van der Waals surface area contributed by atoms with Crippen LogP contribution in [0.25, 0.3) is 0 Å². The summed E-state index contributed by atoms with van der Waals surface area (Å²) in [5.41, 5.74) is 0.643. The Hall–Kier alpha value is -3.25. The maximum atomic E-state index is 11.2. The fourth-order valence-electron chi connectivity index (χ4n) is 1.89. The summed E-state index contributed by atoms with van der Waals surface area (Å²) >= 11 is 0. The summed E-state index contributed by atoms with van der Waals surface area (Å²) in [7, 11) is 0. The maximum absolute atomic E-state index is 11.2. The topological polar surface area (TPSA) is 149 Å². The van der Waals surface area contributed by atoms with Crippen molar-refractivity contribution in [2.75, 3.05) is 0 Å². The minimum Gasteiger partial charge on any atom is -0.542 e. The molecule has 29 heavy (non-hydrogen) atoms. The number of benzene rings is 2. The molecule has 0 saturated heterocycles. The quantitative estimate of drug-likeness (QED) is 0.224. The van der Waals surface area contributed by atoms with Gasteiger partial charge in [-0.05, 0) is 0 Å². The molecule has 2 aromatic carbocycles. The number of hydrogen-bond acceptors (Lipinski definition) is 8. The van der Waals surface area contributed by atoms with E-state index < -0.39 is 47.9 Å². The molecule has 0 bridgehead atoms. The maximum Gasteiger partial charge on any atom is 2.00 e. The van der Waals surface area contributed by atoms with Gasteiger partial charge in [-0.1, -0.05) is 60.7 Å². The van der Waals surface area contributed by atoms with E-state index in [0.717, 1.165) is 0 Å². The molecule has 0 N–H and O–H groups in total. The SMILES string of the molecule is O=C([O-])C(=O)CC(=O)c1ccccc1.O=C([O-])C(=O)CC(=O)c1ccccc1.[Pt+2]. The standard InChI is InChI=1S/2C10H8O4.Pt/c2*11-8(6-9(12)10(13)14)7-4-2-1-3-5-7;/h2*1-5H,6H2,(H,13,14);/q;;+2/p-2. The largest absolute Gasteiger partial charge is 2.00 e. The van der Waals surface area contributed by atoms with E-state index in [2.05, 4.69) is 0 Å². The van der Waals surface area contributed by atoms with Gasteiger partial charge < -0.3 is 19.8 Å². The van der Waals surface area contributed by atoms with Crippen LogP contribution in [-0.2, 0) is 40.2 Å². The van der Waals surface area contributed by atoms with Gasteiger partial charge in [0.05, 0.1) is 12.8 Å². The second-order valence-corrected chi connectivity index (χ2v) is 5.35. The Morgan fingerprint density at radius 2 is 0.828 bits per heavy atom. The average Bonchev–Trinajstić information content (AvgIpc) is 2.69. The molecule has 2 rings (SSSR count). The summed E-state index contributed by atoms with van der Waals surface area (Å²) < 4.78 is 0. The van der Waals surface area contributed by atoms with Crippen LogP contribution >= 0.6 is 0 Å². The third kappa shape index (κ3) is 9.48. The molecule has 0 heterocycles. The Kier molecular flexibility index (Phi) is 11.6. The second kappa shape index (κ2) is 13.0. The first-order valence-corrected chi connectivity index (χ1v) is 7.87. The Morgan fingerprint density at radius 1 is 0.552 bits per heavy atom. The number of rotatable bonds is 8. The molecule has 0 aliphatic heterocycles. The molecule has 9 heteroatoms. The molecule has 0 fully saturated rings. The van der Waals surface area contributed by atoms with Crippen molar-refractivity contribution in [3.05, 3.63) is 71.8 Å². The van der Waals surface area contributed by atoms with E-state index in [-0.39, 0.29) is 21.1 Å². The van der Waals surface area contributed by atoms with Crippen molar-refractivity contribution >= 4 is 35.1 Å². The van der Waals surface area contributed by atoms with Crippen molar-refractivity contribution in [1.82, 2.24) is 0 Å². The van der Waals surface area contributed by atoms with Crippen LogP contribution in [0.5, 0.6) is 0 Å². The fraction of sp³-hybridized carbons (Fsp3) is 0.100. The predicted octanol–water partition coefficient (Wildman–Crippen LogP) is -0.846.